The van der Waals surface area contributed by atoms with Crippen molar-refractivity contribution in [3.8, 4) is 0 Å². The Bertz CT molecular complexity index is 959. The summed E-state index contributed by atoms with van der Waals surface area (Å²) in [6, 6.07) is 17.8. The highest BCUT2D eigenvalue weighted by Crippen LogP contribution is 2.42. The average molecular weight is 430 g/mol. The molecule has 0 radical (unpaired) electrons. The maximum Gasteiger partial charge on any atom is 0.170 e. The summed E-state index contributed by atoms with van der Waals surface area (Å²) < 4.78 is 6.24. The summed E-state index contributed by atoms with van der Waals surface area (Å²) in [5.41, 5.74) is 0.946. The number of nitrogens with zero attached hydrogens (tertiary/aromatic N) is 2. The molecule has 0 bridgehead atoms. The van der Waals surface area contributed by atoms with Gasteiger partial charge in [0.05, 0.1) is 11.7 Å². The fraction of sp³-hybridized carbons (Fsp3) is 0.238. The van der Waals surface area contributed by atoms with Gasteiger partial charge in [0.1, 0.15) is 11.8 Å². The lowest BCUT2D eigenvalue weighted by molar-refractivity contribution is 0.227. The molecule has 4 rings (SSSR count). The molecule has 0 saturated carbocycles. The molecule has 144 valence electrons. The topological polar surface area (TPSA) is 41.3 Å². The highest BCUT2D eigenvalue weighted by Gasteiger charge is 2.42. The number of hydrogen-bond donors (Lipinski definition) is 1. The van der Waals surface area contributed by atoms with Gasteiger partial charge in [0, 0.05) is 22.2 Å². The van der Waals surface area contributed by atoms with Gasteiger partial charge in [-0.25, -0.2) is 0 Å². The van der Waals surface area contributed by atoms with E-state index in [0.717, 1.165) is 31.6 Å². The van der Waals surface area contributed by atoms with E-state index >= 15 is 0 Å². The van der Waals surface area contributed by atoms with Crippen LogP contribution in [0.5, 0.6) is 0 Å². The van der Waals surface area contributed by atoms with Crippen LogP contribution in [-0.2, 0) is 0 Å². The van der Waals surface area contributed by atoms with E-state index in [2.05, 4.69) is 29.0 Å². The number of aromatic nitrogens is 1. The summed E-state index contributed by atoms with van der Waals surface area (Å²) >= 11 is 13.2. The van der Waals surface area contributed by atoms with Gasteiger partial charge in [0.2, 0.25) is 0 Å². The molecule has 1 aliphatic rings. The van der Waals surface area contributed by atoms with Crippen molar-refractivity contribution in [3.05, 3.63) is 77.3 Å². The Morgan fingerprint density at radius 3 is 2.61 bits per heavy atom. The number of rotatable bonds is 5. The second-order valence-electron chi connectivity index (χ2n) is 6.84. The molecule has 1 N–H and O–H groups in total. The van der Waals surface area contributed by atoms with E-state index in [1.54, 1.807) is 18.0 Å². The molecule has 0 aliphatic carbocycles. The first kappa shape index (κ1) is 19.3. The van der Waals surface area contributed by atoms with E-state index in [4.69, 9.17) is 28.2 Å². The summed E-state index contributed by atoms with van der Waals surface area (Å²) in [7, 11) is 0. The molecule has 3 heterocycles. The van der Waals surface area contributed by atoms with Crippen molar-refractivity contribution in [2.24, 2.45) is 0 Å². The zero-order valence-corrected chi connectivity index (χ0v) is 17.9. The van der Waals surface area contributed by atoms with E-state index in [-0.39, 0.29) is 18.1 Å². The highest BCUT2D eigenvalue weighted by molar-refractivity contribution is 7.99. The van der Waals surface area contributed by atoms with Crippen LogP contribution in [0.2, 0.25) is 5.02 Å². The van der Waals surface area contributed by atoms with Crippen LogP contribution in [0.1, 0.15) is 37.4 Å². The molecule has 1 saturated heterocycles. The van der Waals surface area contributed by atoms with Crippen molar-refractivity contribution in [1.29, 1.82) is 0 Å². The average Bonchev–Trinajstić information content (AvgIpc) is 3.28. The van der Waals surface area contributed by atoms with Crippen molar-refractivity contribution in [1.82, 2.24) is 15.2 Å². The van der Waals surface area contributed by atoms with Gasteiger partial charge in [-0.3, -0.25) is 4.98 Å². The Hall–Kier alpha value is -2.02. The van der Waals surface area contributed by atoms with Gasteiger partial charge in [-0.15, -0.1) is 0 Å². The van der Waals surface area contributed by atoms with Crippen molar-refractivity contribution < 1.29 is 4.42 Å². The van der Waals surface area contributed by atoms with E-state index in [0.29, 0.717) is 0 Å². The second kappa shape index (κ2) is 8.15. The van der Waals surface area contributed by atoms with Crippen molar-refractivity contribution in [2.75, 3.05) is 0 Å². The second-order valence-corrected chi connectivity index (χ2v) is 8.74. The van der Waals surface area contributed by atoms with Crippen LogP contribution in [-0.4, -0.2) is 21.0 Å². The van der Waals surface area contributed by atoms with Gasteiger partial charge in [-0.2, -0.15) is 0 Å². The van der Waals surface area contributed by atoms with Gasteiger partial charge in [0.25, 0.3) is 0 Å². The van der Waals surface area contributed by atoms with Crippen molar-refractivity contribution in [3.63, 3.8) is 0 Å². The Balaban J connectivity index is 1.65. The molecule has 7 heteroatoms. The van der Waals surface area contributed by atoms with Crippen LogP contribution in [0, 0.1) is 0 Å². The fourth-order valence-electron chi connectivity index (χ4n) is 3.39. The lowest BCUT2D eigenvalue weighted by Gasteiger charge is -2.29. The van der Waals surface area contributed by atoms with Crippen LogP contribution in [0.4, 0.5) is 0 Å². The molecule has 0 spiro atoms. The smallest absolute Gasteiger partial charge is 0.170 e. The third-order valence-electron chi connectivity index (χ3n) is 4.62. The Morgan fingerprint density at radius 2 is 1.93 bits per heavy atom. The maximum atomic E-state index is 6.24. The molecule has 0 unspecified atom stereocenters. The van der Waals surface area contributed by atoms with Crippen LogP contribution >= 0.6 is 35.6 Å². The minimum Gasteiger partial charge on any atom is -0.452 e. The highest BCUT2D eigenvalue weighted by atomic mass is 35.5. The molecule has 2 aromatic heterocycles. The summed E-state index contributed by atoms with van der Waals surface area (Å²) in [6.45, 7) is 4.27. The third kappa shape index (κ3) is 3.90. The number of thiocarbonyl (C=S) groups is 1. The molecular weight excluding hydrogens is 410 g/mol. The SMILES string of the molecule is CC(C)N1C(=S)N[C@H](c2ccccn2)[C@@H]1c1ccc(Sc2ccc(Cl)cc2)o1. The van der Waals surface area contributed by atoms with Gasteiger partial charge in [0.15, 0.2) is 10.2 Å². The fourth-order valence-corrected chi connectivity index (χ4v) is 4.75. The number of hydrogen-bond acceptors (Lipinski definition) is 4. The summed E-state index contributed by atoms with van der Waals surface area (Å²) in [6.07, 6.45) is 1.80. The summed E-state index contributed by atoms with van der Waals surface area (Å²) in [5.74, 6) is 0.869. The monoisotopic (exact) mass is 429 g/mol. The van der Waals surface area contributed by atoms with Crippen LogP contribution in [0.25, 0.3) is 0 Å². The predicted octanol–water partition coefficient (Wildman–Crippen LogP) is 5.86. The van der Waals surface area contributed by atoms with E-state index in [1.807, 2.05) is 54.6 Å². The first-order valence-corrected chi connectivity index (χ1v) is 10.7. The summed E-state index contributed by atoms with van der Waals surface area (Å²) in [4.78, 5) is 7.80. The van der Waals surface area contributed by atoms with Crippen LogP contribution in [0.3, 0.4) is 0 Å². The molecular formula is C21H20ClN3OS2. The number of halogens is 1. The molecule has 3 aromatic rings. The van der Waals surface area contributed by atoms with Crippen LogP contribution in [0.15, 0.2) is 75.2 Å². The minimum atomic E-state index is -0.0596. The van der Waals surface area contributed by atoms with Gasteiger partial charge in [-0.05, 0) is 74.6 Å². The largest absolute Gasteiger partial charge is 0.452 e. The molecule has 1 fully saturated rings. The third-order valence-corrected chi connectivity index (χ3v) is 6.13. The Morgan fingerprint density at radius 1 is 1.14 bits per heavy atom. The normalized spacial score (nSPS) is 19.3. The minimum absolute atomic E-state index is 0.0537. The molecule has 28 heavy (non-hydrogen) atoms. The Labute approximate surface area is 179 Å². The van der Waals surface area contributed by atoms with E-state index in [1.165, 1.54) is 0 Å². The molecule has 1 aromatic carbocycles. The maximum absolute atomic E-state index is 6.24. The first-order chi connectivity index (χ1) is 13.5. The van der Waals surface area contributed by atoms with Crippen LogP contribution < -0.4 is 5.32 Å². The van der Waals surface area contributed by atoms with E-state index in [9.17, 15) is 0 Å². The van der Waals surface area contributed by atoms with Crippen molar-refractivity contribution >= 4 is 40.7 Å². The molecule has 2 atom stereocenters. The van der Waals surface area contributed by atoms with Gasteiger partial charge in [-0.1, -0.05) is 29.4 Å². The molecule has 1 aliphatic heterocycles. The molecule has 4 nitrogen and oxygen atoms in total. The quantitative estimate of drug-likeness (QED) is 0.512. The number of furan rings is 1. The number of benzene rings is 1. The number of nitrogens with one attached hydrogen (secondary N) is 1. The lowest BCUT2D eigenvalue weighted by Crippen LogP contribution is -2.35. The van der Waals surface area contributed by atoms with E-state index < -0.39 is 0 Å². The zero-order valence-electron chi connectivity index (χ0n) is 15.5. The zero-order chi connectivity index (χ0) is 19.7. The predicted molar refractivity (Wildman–Crippen MR) is 117 cm³/mol. The summed E-state index contributed by atoms with van der Waals surface area (Å²) in [5, 5.41) is 5.71. The van der Waals surface area contributed by atoms with Crippen molar-refractivity contribution in [2.45, 2.75) is 42.0 Å². The van der Waals surface area contributed by atoms with Gasteiger partial charge < -0.3 is 14.6 Å². The molecule has 0 amide bonds. The lowest BCUT2D eigenvalue weighted by atomic mass is 10.0. The Kier molecular flexibility index (Phi) is 5.62. The van der Waals surface area contributed by atoms with Gasteiger partial charge >= 0.3 is 0 Å². The number of pyridine rings is 1. The first-order valence-electron chi connectivity index (χ1n) is 9.06. The standard InChI is InChI=1S/C21H20ClN3OS2/c1-13(2)25-20(19(24-21(25)27)16-5-3-4-12-23-16)17-10-11-18(26-17)28-15-8-6-14(22)7-9-15/h3-13,19-20H,1-2H3,(H,24,27)/t19-,20+/m1/s1.